The van der Waals surface area contributed by atoms with Gasteiger partial charge in [-0.25, -0.2) is 4.98 Å². The first-order chi connectivity index (χ1) is 20.3. The number of fused-ring (bicyclic) bond motifs is 15. The van der Waals surface area contributed by atoms with Crippen LogP contribution in [-0.4, -0.2) is 14.0 Å². The highest BCUT2D eigenvalue weighted by Gasteiger charge is 2.25. The second kappa shape index (κ2) is 7.61. The van der Waals surface area contributed by atoms with E-state index in [2.05, 4.69) is 136 Å². The van der Waals surface area contributed by atoms with E-state index in [0.717, 1.165) is 23.1 Å². The molecule has 0 N–H and O–H groups in total. The Labute approximate surface area is 235 Å². The van der Waals surface area contributed by atoms with Crippen LogP contribution in [0.3, 0.4) is 0 Å². The number of pyridine rings is 1. The molecule has 3 heteroatoms. The van der Waals surface area contributed by atoms with Crippen LogP contribution in [0.15, 0.2) is 127 Å². The van der Waals surface area contributed by atoms with Crippen molar-refractivity contribution in [1.82, 2.24) is 14.0 Å². The normalized spacial score (nSPS) is 12.8. The predicted molar refractivity (Wildman–Crippen MR) is 170 cm³/mol. The van der Waals surface area contributed by atoms with Gasteiger partial charge >= 0.3 is 0 Å². The summed E-state index contributed by atoms with van der Waals surface area (Å²) in [4.78, 5) is 5.28. The molecule has 1 aliphatic rings. The smallest absolute Gasteiger partial charge is 0.146 e. The van der Waals surface area contributed by atoms with Crippen LogP contribution in [0.4, 0.5) is 0 Å². The van der Waals surface area contributed by atoms with Crippen molar-refractivity contribution < 1.29 is 0 Å². The monoisotopic (exact) mass is 521 g/mol. The van der Waals surface area contributed by atoms with E-state index < -0.39 is 0 Å². The Kier molecular flexibility index (Phi) is 3.98. The fourth-order valence-corrected chi connectivity index (χ4v) is 7.38. The lowest BCUT2D eigenvalue weighted by atomic mass is 9.97. The molecule has 3 aromatic heterocycles. The number of hydrogen-bond donors (Lipinski definition) is 0. The molecule has 0 aliphatic heterocycles. The van der Waals surface area contributed by atoms with Gasteiger partial charge in [0.15, 0.2) is 0 Å². The molecule has 3 nitrogen and oxygen atoms in total. The van der Waals surface area contributed by atoms with Gasteiger partial charge in [-0.3, -0.25) is 4.40 Å². The Hall–Kier alpha value is -5.41. The molecule has 1 aliphatic carbocycles. The summed E-state index contributed by atoms with van der Waals surface area (Å²) in [6.07, 6.45) is 0.933. The molecule has 41 heavy (non-hydrogen) atoms. The van der Waals surface area contributed by atoms with E-state index in [-0.39, 0.29) is 0 Å². The third-order valence-corrected chi connectivity index (χ3v) is 9.10. The fraction of sp³-hybridized carbons (Fsp3) is 0.0263. The summed E-state index contributed by atoms with van der Waals surface area (Å²) in [6, 6.07) is 46.3. The number of hydrogen-bond acceptors (Lipinski definition) is 1. The second-order valence-electron chi connectivity index (χ2n) is 11.2. The van der Waals surface area contributed by atoms with Gasteiger partial charge in [0.2, 0.25) is 0 Å². The van der Waals surface area contributed by atoms with E-state index in [9.17, 15) is 0 Å². The molecule has 0 saturated carbocycles. The van der Waals surface area contributed by atoms with E-state index in [4.69, 9.17) is 4.98 Å². The third kappa shape index (κ3) is 2.70. The van der Waals surface area contributed by atoms with E-state index in [1.165, 1.54) is 71.4 Å². The lowest BCUT2D eigenvalue weighted by Gasteiger charge is -2.14. The third-order valence-electron chi connectivity index (χ3n) is 9.10. The lowest BCUT2D eigenvalue weighted by Crippen LogP contribution is -1.97. The molecule has 0 bridgehead atoms. The van der Waals surface area contributed by atoms with Crippen LogP contribution in [0.5, 0.6) is 0 Å². The van der Waals surface area contributed by atoms with Crippen molar-refractivity contribution in [2.75, 3.05) is 0 Å². The van der Waals surface area contributed by atoms with Crippen LogP contribution in [0, 0.1) is 0 Å². The van der Waals surface area contributed by atoms with Crippen molar-refractivity contribution in [3.63, 3.8) is 0 Å². The molecular formula is C38H23N3. The van der Waals surface area contributed by atoms with Crippen LogP contribution in [0.1, 0.15) is 11.1 Å². The zero-order valence-corrected chi connectivity index (χ0v) is 22.2. The fourth-order valence-electron chi connectivity index (χ4n) is 7.38. The van der Waals surface area contributed by atoms with Gasteiger partial charge < -0.3 is 4.57 Å². The van der Waals surface area contributed by atoms with Crippen LogP contribution in [0.2, 0.25) is 0 Å². The molecule has 3 heterocycles. The summed E-state index contributed by atoms with van der Waals surface area (Å²) in [5, 5.41) is 6.21. The van der Waals surface area contributed by atoms with Crippen molar-refractivity contribution in [3.05, 3.63) is 139 Å². The largest absolute Gasteiger partial charge is 0.309 e. The maximum atomic E-state index is 5.28. The summed E-state index contributed by atoms with van der Waals surface area (Å²) < 4.78 is 4.84. The van der Waals surface area contributed by atoms with Crippen molar-refractivity contribution in [3.8, 4) is 16.8 Å². The van der Waals surface area contributed by atoms with Gasteiger partial charge in [0.25, 0.3) is 0 Å². The summed E-state index contributed by atoms with van der Waals surface area (Å²) in [5.74, 6) is 0. The summed E-state index contributed by atoms with van der Waals surface area (Å²) in [5.41, 5.74) is 13.6. The Morgan fingerprint density at radius 1 is 0.512 bits per heavy atom. The van der Waals surface area contributed by atoms with Crippen molar-refractivity contribution >= 4 is 60.2 Å². The summed E-state index contributed by atoms with van der Waals surface area (Å²) in [6.45, 7) is 0. The highest BCUT2D eigenvalue weighted by molar-refractivity contribution is 6.22. The zero-order valence-electron chi connectivity index (χ0n) is 22.2. The SMILES string of the molecule is c1ccc(-n2c3ccccc3c3cc4c(cc32)c2ccc3c(c2n2c5ccccc5nc42)Cc2ccccc2-3)cc1. The van der Waals surface area contributed by atoms with Gasteiger partial charge in [0.05, 0.1) is 27.6 Å². The first-order valence-corrected chi connectivity index (χ1v) is 14.2. The topological polar surface area (TPSA) is 22.2 Å². The average molecular weight is 522 g/mol. The first-order valence-electron chi connectivity index (χ1n) is 14.2. The molecule has 0 radical (unpaired) electrons. The number of aromatic nitrogens is 3. The summed E-state index contributed by atoms with van der Waals surface area (Å²) in [7, 11) is 0. The van der Waals surface area contributed by atoms with E-state index >= 15 is 0 Å². The highest BCUT2D eigenvalue weighted by Crippen LogP contribution is 2.45. The van der Waals surface area contributed by atoms with Gasteiger partial charge in [-0.1, -0.05) is 84.9 Å². The van der Waals surface area contributed by atoms with E-state index in [1.807, 2.05) is 0 Å². The molecule has 0 fully saturated rings. The molecule has 190 valence electrons. The van der Waals surface area contributed by atoms with Crippen LogP contribution < -0.4 is 0 Å². The Balaban J connectivity index is 1.46. The molecule has 9 aromatic rings. The maximum absolute atomic E-state index is 5.28. The van der Waals surface area contributed by atoms with Crippen LogP contribution >= 0.6 is 0 Å². The van der Waals surface area contributed by atoms with E-state index in [0.29, 0.717) is 0 Å². The molecule has 10 rings (SSSR count). The number of nitrogens with zero attached hydrogens (tertiary/aromatic N) is 3. The van der Waals surface area contributed by atoms with Gasteiger partial charge in [-0.2, -0.15) is 0 Å². The van der Waals surface area contributed by atoms with Crippen LogP contribution in [0.25, 0.3) is 77.0 Å². The van der Waals surface area contributed by atoms with Crippen molar-refractivity contribution in [2.24, 2.45) is 0 Å². The lowest BCUT2D eigenvalue weighted by molar-refractivity contribution is 1.18. The Morgan fingerprint density at radius 3 is 2.22 bits per heavy atom. The molecular weight excluding hydrogens is 498 g/mol. The van der Waals surface area contributed by atoms with Gasteiger partial charge in [-0.05, 0) is 70.1 Å². The van der Waals surface area contributed by atoms with Gasteiger partial charge in [0.1, 0.15) is 5.65 Å². The van der Waals surface area contributed by atoms with Gasteiger partial charge in [0, 0.05) is 33.7 Å². The molecule has 0 unspecified atom stereocenters. The number of para-hydroxylation sites is 4. The molecule has 0 spiro atoms. The first kappa shape index (κ1) is 21.4. The van der Waals surface area contributed by atoms with Crippen LogP contribution in [-0.2, 0) is 6.42 Å². The molecule has 0 atom stereocenters. The predicted octanol–water partition coefficient (Wildman–Crippen LogP) is 9.46. The average Bonchev–Trinajstić information content (AvgIpc) is 3.70. The minimum Gasteiger partial charge on any atom is -0.309 e. The molecule has 0 amide bonds. The zero-order chi connectivity index (χ0) is 26.7. The quantitative estimate of drug-likeness (QED) is 0.197. The Morgan fingerprint density at radius 2 is 1.29 bits per heavy atom. The minimum atomic E-state index is 0.933. The number of benzene rings is 6. The molecule has 6 aromatic carbocycles. The maximum Gasteiger partial charge on any atom is 0.146 e. The second-order valence-corrected chi connectivity index (χ2v) is 11.2. The standard InChI is InChI=1S/C38H23N3/c1-2-11-24(12-3-1)40-34-16-8-6-14-27(34)30-21-32-29(22-36(30)40)28-19-18-26-25-13-5-4-10-23(25)20-31(26)37(28)41-35-17-9-7-15-33(35)39-38(32)41/h1-19,21-22H,20H2. The molecule has 0 saturated heterocycles. The minimum absolute atomic E-state index is 0.933. The van der Waals surface area contributed by atoms with Gasteiger partial charge in [-0.15, -0.1) is 0 Å². The summed E-state index contributed by atoms with van der Waals surface area (Å²) >= 11 is 0. The Bertz CT molecular complexity index is 2550. The number of rotatable bonds is 1. The number of imidazole rings is 1. The highest BCUT2D eigenvalue weighted by atomic mass is 15.0. The van der Waals surface area contributed by atoms with E-state index in [1.54, 1.807) is 0 Å². The van der Waals surface area contributed by atoms with Crippen molar-refractivity contribution in [2.45, 2.75) is 6.42 Å². The van der Waals surface area contributed by atoms with Crippen molar-refractivity contribution in [1.29, 1.82) is 0 Å².